The monoisotopic (exact) mass is 345 g/mol. The van der Waals surface area contributed by atoms with Crippen LogP contribution >= 0.6 is 0 Å². The number of fused-ring (bicyclic) bond motifs is 2. The van der Waals surface area contributed by atoms with Crippen LogP contribution < -0.4 is 10.6 Å². The maximum atomic E-state index is 4.62. The lowest BCUT2D eigenvalue weighted by Crippen LogP contribution is -2.35. The first-order chi connectivity index (χ1) is 12.9. The predicted octanol–water partition coefficient (Wildman–Crippen LogP) is 2.50. The fourth-order valence-electron chi connectivity index (χ4n) is 3.47. The van der Waals surface area contributed by atoms with Gasteiger partial charge in [0.15, 0.2) is 5.65 Å². The highest BCUT2D eigenvalue weighted by Gasteiger charge is 2.15. The molecule has 5 heterocycles. The molecular formula is C19H19N7. The van der Waals surface area contributed by atoms with Gasteiger partial charge in [0.2, 0.25) is 5.95 Å². The third-order valence-corrected chi connectivity index (χ3v) is 4.85. The zero-order valence-corrected chi connectivity index (χ0v) is 14.3. The molecule has 1 aliphatic rings. The van der Waals surface area contributed by atoms with Gasteiger partial charge in [-0.3, -0.25) is 0 Å². The van der Waals surface area contributed by atoms with E-state index in [9.17, 15) is 0 Å². The molecule has 1 fully saturated rings. The second kappa shape index (κ2) is 6.34. The van der Waals surface area contributed by atoms with Crippen LogP contribution in [0.25, 0.3) is 27.7 Å². The number of hydrogen-bond donors (Lipinski definition) is 2. The molecule has 0 radical (unpaired) electrons. The van der Waals surface area contributed by atoms with E-state index in [0.29, 0.717) is 12.0 Å². The summed E-state index contributed by atoms with van der Waals surface area (Å²) in [6.07, 6.45) is 9.64. The molecule has 1 aliphatic heterocycles. The summed E-state index contributed by atoms with van der Waals surface area (Å²) >= 11 is 0. The molecule has 4 aromatic heterocycles. The van der Waals surface area contributed by atoms with Gasteiger partial charge < -0.3 is 10.6 Å². The van der Waals surface area contributed by atoms with Gasteiger partial charge in [0.25, 0.3) is 0 Å². The van der Waals surface area contributed by atoms with Gasteiger partial charge in [-0.05, 0) is 50.2 Å². The second-order valence-corrected chi connectivity index (χ2v) is 6.58. The van der Waals surface area contributed by atoms with E-state index in [1.54, 1.807) is 6.20 Å². The Balaban J connectivity index is 1.48. The van der Waals surface area contributed by atoms with Crippen LogP contribution in [0.1, 0.15) is 12.8 Å². The average Bonchev–Trinajstić information content (AvgIpc) is 3.12. The molecule has 0 amide bonds. The number of rotatable bonds is 3. The lowest BCUT2D eigenvalue weighted by molar-refractivity contribution is 0.476. The van der Waals surface area contributed by atoms with E-state index in [1.165, 1.54) is 0 Å². The van der Waals surface area contributed by atoms with Crippen molar-refractivity contribution in [3.8, 4) is 11.1 Å². The number of nitrogens with zero attached hydrogens (tertiary/aromatic N) is 5. The van der Waals surface area contributed by atoms with E-state index in [1.807, 2.05) is 35.2 Å². The summed E-state index contributed by atoms with van der Waals surface area (Å²) in [4.78, 5) is 13.3. The standard InChI is InChI=1S/C19H19N7/c1-2-13-10-14(11-22-18(13)21-6-1)16-5-9-26-17(16)12-23-19(25-26)24-15-3-7-20-8-4-15/h1-2,5-6,9-12,15,20H,3-4,7-8H2,(H,24,25). The van der Waals surface area contributed by atoms with Gasteiger partial charge in [-0.2, -0.15) is 0 Å². The number of aromatic nitrogens is 5. The Morgan fingerprint density at radius 3 is 2.92 bits per heavy atom. The third kappa shape index (κ3) is 2.76. The van der Waals surface area contributed by atoms with Crippen molar-refractivity contribution >= 4 is 22.5 Å². The zero-order chi connectivity index (χ0) is 17.3. The zero-order valence-electron chi connectivity index (χ0n) is 14.3. The van der Waals surface area contributed by atoms with E-state index in [2.05, 4.69) is 42.8 Å². The minimum atomic E-state index is 0.431. The van der Waals surface area contributed by atoms with Crippen molar-refractivity contribution in [2.24, 2.45) is 0 Å². The molecule has 4 aromatic rings. The Morgan fingerprint density at radius 1 is 1.08 bits per heavy atom. The van der Waals surface area contributed by atoms with E-state index in [0.717, 1.165) is 53.6 Å². The highest BCUT2D eigenvalue weighted by Crippen LogP contribution is 2.26. The molecule has 0 spiro atoms. The highest BCUT2D eigenvalue weighted by molar-refractivity contribution is 5.86. The number of nitrogens with one attached hydrogen (secondary N) is 2. The summed E-state index contributed by atoms with van der Waals surface area (Å²) in [5, 5.41) is 12.5. The van der Waals surface area contributed by atoms with Crippen LogP contribution in [0.2, 0.25) is 0 Å². The summed E-state index contributed by atoms with van der Waals surface area (Å²) in [6.45, 7) is 2.08. The van der Waals surface area contributed by atoms with Gasteiger partial charge in [-0.15, -0.1) is 5.10 Å². The Bertz CT molecular complexity index is 1070. The summed E-state index contributed by atoms with van der Waals surface area (Å²) in [5.74, 6) is 0.674. The van der Waals surface area contributed by atoms with Crippen molar-refractivity contribution in [3.05, 3.63) is 49.1 Å². The SMILES string of the molecule is c1cnc2ncc(-c3ccn4nc(NC5CCNCC5)ncc34)cc2c1. The van der Waals surface area contributed by atoms with Crippen molar-refractivity contribution in [3.63, 3.8) is 0 Å². The summed E-state index contributed by atoms with van der Waals surface area (Å²) in [7, 11) is 0. The first-order valence-corrected chi connectivity index (χ1v) is 8.90. The van der Waals surface area contributed by atoms with Crippen molar-refractivity contribution in [1.82, 2.24) is 29.9 Å². The molecule has 0 aromatic carbocycles. The molecule has 7 heteroatoms. The van der Waals surface area contributed by atoms with Crippen LogP contribution in [0.5, 0.6) is 0 Å². The first kappa shape index (κ1) is 15.2. The van der Waals surface area contributed by atoms with E-state index < -0.39 is 0 Å². The van der Waals surface area contributed by atoms with E-state index in [4.69, 9.17) is 0 Å². The van der Waals surface area contributed by atoms with Crippen LogP contribution in [-0.2, 0) is 0 Å². The Morgan fingerprint density at radius 2 is 2.00 bits per heavy atom. The molecule has 0 bridgehead atoms. The Hall–Kier alpha value is -3.06. The van der Waals surface area contributed by atoms with Crippen molar-refractivity contribution in [1.29, 1.82) is 0 Å². The first-order valence-electron chi connectivity index (χ1n) is 8.90. The number of pyridine rings is 2. The predicted molar refractivity (Wildman–Crippen MR) is 101 cm³/mol. The van der Waals surface area contributed by atoms with Gasteiger partial charge in [-0.25, -0.2) is 19.5 Å². The molecular weight excluding hydrogens is 326 g/mol. The lowest BCUT2D eigenvalue weighted by Gasteiger charge is -2.23. The molecule has 5 rings (SSSR count). The van der Waals surface area contributed by atoms with Crippen molar-refractivity contribution < 1.29 is 0 Å². The van der Waals surface area contributed by atoms with Crippen LogP contribution in [-0.4, -0.2) is 43.7 Å². The van der Waals surface area contributed by atoms with E-state index in [-0.39, 0.29) is 0 Å². The van der Waals surface area contributed by atoms with Gasteiger partial charge in [0, 0.05) is 41.1 Å². The average molecular weight is 345 g/mol. The maximum Gasteiger partial charge on any atom is 0.241 e. The van der Waals surface area contributed by atoms with Crippen molar-refractivity contribution in [2.75, 3.05) is 18.4 Å². The van der Waals surface area contributed by atoms with Gasteiger partial charge in [-0.1, -0.05) is 0 Å². The maximum absolute atomic E-state index is 4.62. The fraction of sp³-hybridized carbons (Fsp3) is 0.263. The lowest BCUT2D eigenvalue weighted by atomic mass is 10.1. The minimum Gasteiger partial charge on any atom is -0.350 e. The molecule has 1 saturated heterocycles. The smallest absolute Gasteiger partial charge is 0.241 e. The number of hydrogen-bond acceptors (Lipinski definition) is 6. The largest absolute Gasteiger partial charge is 0.350 e. The van der Waals surface area contributed by atoms with Gasteiger partial charge in [0.05, 0.1) is 11.7 Å². The summed E-state index contributed by atoms with van der Waals surface area (Å²) < 4.78 is 1.87. The molecule has 0 aliphatic carbocycles. The molecule has 2 N–H and O–H groups in total. The topological polar surface area (TPSA) is 80.0 Å². The van der Waals surface area contributed by atoms with Crippen LogP contribution in [0.15, 0.2) is 49.1 Å². The molecule has 26 heavy (non-hydrogen) atoms. The quantitative estimate of drug-likeness (QED) is 0.594. The summed E-state index contributed by atoms with van der Waals surface area (Å²) in [5.41, 5.74) is 3.82. The third-order valence-electron chi connectivity index (χ3n) is 4.85. The summed E-state index contributed by atoms with van der Waals surface area (Å²) in [6, 6.07) is 8.53. The highest BCUT2D eigenvalue weighted by atomic mass is 15.3. The molecule has 0 unspecified atom stereocenters. The van der Waals surface area contributed by atoms with Crippen LogP contribution in [0.3, 0.4) is 0 Å². The normalized spacial score (nSPS) is 15.5. The number of anilines is 1. The van der Waals surface area contributed by atoms with Crippen LogP contribution in [0.4, 0.5) is 5.95 Å². The van der Waals surface area contributed by atoms with Crippen molar-refractivity contribution in [2.45, 2.75) is 18.9 Å². The minimum absolute atomic E-state index is 0.431. The molecule has 0 atom stereocenters. The Kier molecular flexibility index (Phi) is 3.71. The Labute approximate surface area is 150 Å². The number of piperidine rings is 1. The van der Waals surface area contributed by atoms with E-state index >= 15 is 0 Å². The molecule has 130 valence electrons. The van der Waals surface area contributed by atoms with Crippen LogP contribution in [0, 0.1) is 0 Å². The molecule has 7 nitrogen and oxygen atoms in total. The second-order valence-electron chi connectivity index (χ2n) is 6.58. The van der Waals surface area contributed by atoms with Gasteiger partial charge >= 0.3 is 0 Å². The molecule has 0 saturated carbocycles. The fourth-order valence-corrected chi connectivity index (χ4v) is 3.47. The van der Waals surface area contributed by atoms with Gasteiger partial charge in [0.1, 0.15) is 0 Å².